The monoisotopic (exact) mass is 490 g/mol. The van der Waals surface area contributed by atoms with Gasteiger partial charge in [-0.1, -0.05) is 97.1 Å². The first-order valence-electron chi connectivity index (χ1n) is 12.8. The van der Waals surface area contributed by atoms with E-state index in [2.05, 4.69) is 72.8 Å². The van der Waals surface area contributed by atoms with E-state index in [1.54, 1.807) is 0 Å². The van der Waals surface area contributed by atoms with Crippen molar-refractivity contribution in [3.63, 3.8) is 0 Å². The maximum Gasteiger partial charge on any atom is 0.381 e. The van der Waals surface area contributed by atoms with Crippen LogP contribution in [0.5, 0.6) is 11.6 Å². The van der Waals surface area contributed by atoms with E-state index in [4.69, 9.17) is 4.74 Å². The van der Waals surface area contributed by atoms with Crippen molar-refractivity contribution >= 4 is 48.9 Å². The Kier molecular flexibility index (Phi) is 5.33. The Morgan fingerprint density at radius 2 is 1.16 bits per heavy atom. The van der Waals surface area contributed by atoms with Crippen LogP contribution in [0.25, 0.3) is 43.1 Å². The van der Waals surface area contributed by atoms with Crippen LogP contribution in [0, 0.1) is 0 Å². The fraction of sp³-hybridized carbons (Fsp3) is 0.0286. The lowest BCUT2D eigenvalue weighted by Crippen LogP contribution is -2.39. The van der Waals surface area contributed by atoms with Gasteiger partial charge in [0.05, 0.1) is 5.39 Å². The maximum atomic E-state index is 13.2. The molecule has 6 aromatic carbocycles. The van der Waals surface area contributed by atoms with Gasteiger partial charge >= 0.3 is 5.88 Å². The van der Waals surface area contributed by atoms with Crippen LogP contribution < -0.4 is 9.30 Å². The Morgan fingerprint density at radius 3 is 1.95 bits per heavy atom. The fourth-order valence-electron chi connectivity index (χ4n) is 5.26. The zero-order valence-electron chi connectivity index (χ0n) is 20.7. The van der Waals surface area contributed by atoms with Gasteiger partial charge in [0.1, 0.15) is 5.75 Å². The highest BCUT2D eigenvalue weighted by Crippen LogP contribution is 2.40. The molecule has 0 radical (unpaired) electrons. The number of nitrogens with zero attached hydrogens (tertiary/aromatic N) is 1. The molecule has 0 spiro atoms. The molecule has 3 nitrogen and oxygen atoms in total. The zero-order chi connectivity index (χ0) is 25.5. The highest BCUT2D eigenvalue weighted by atomic mass is 16.5. The van der Waals surface area contributed by atoms with E-state index in [1.165, 1.54) is 5.39 Å². The molecule has 0 bridgehead atoms. The second-order valence-electron chi connectivity index (χ2n) is 9.57. The van der Waals surface area contributed by atoms with Crippen LogP contribution in [0.2, 0.25) is 0 Å². The number of pyridine rings is 1. The number of Topliss-reactive ketones (excluding diaryl/α,β-unsaturated/α-hetero) is 1. The zero-order valence-corrected chi connectivity index (χ0v) is 20.7. The van der Waals surface area contributed by atoms with Gasteiger partial charge in [0.25, 0.3) is 0 Å². The van der Waals surface area contributed by atoms with E-state index in [0.717, 1.165) is 43.5 Å². The van der Waals surface area contributed by atoms with Crippen molar-refractivity contribution in [3.8, 4) is 11.6 Å². The summed E-state index contributed by atoms with van der Waals surface area (Å²) in [6.45, 7) is 0.176. The second kappa shape index (κ2) is 9.13. The predicted octanol–water partition coefficient (Wildman–Crippen LogP) is 8.26. The lowest BCUT2D eigenvalue weighted by atomic mass is 9.98. The standard InChI is InChI=1S/C35H24NO2/c37-33(25-11-2-1-3-12-25)23-36-19-18-24-10-6-9-17-31(24)35(36)38-34-30-16-8-7-15-28(30)21-29-20-26-13-4-5-14-27(26)22-32(29)34/h1-22H,23H2/q+1. The molecule has 0 atom stereocenters. The number of carbonyl (C=O) groups excluding carboxylic acids is 1. The molecule has 7 rings (SSSR count). The van der Waals surface area contributed by atoms with E-state index < -0.39 is 0 Å². The Bertz CT molecular complexity index is 1990. The Balaban J connectivity index is 1.46. The van der Waals surface area contributed by atoms with Crippen molar-refractivity contribution in [1.82, 2.24) is 0 Å². The molecule has 0 saturated carbocycles. The first kappa shape index (κ1) is 22.2. The smallest absolute Gasteiger partial charge is 0.381 e. The number of hydrogen-bond donors (Lipinski definition) is 0. The van der Waals surface area contributed by atoms with Crippen molar-refractivity contribution in [2.75, 3.05) is 0 Å². The molecule has 180 valence electrons. The highest BCUT2D eigenvalue weighted by Gasteiger charge is 2.23. The van der Waals surface area contributed by atoms with Crippen molar-refractivity contribution in [1.29, 1.82) is 0 Å². The third kappa shape index (κ3) is 3.86. The number of carbonyl (C=O) groups is 1. The second-order valence-corrected chi connectivity index (χ2v) is 9.57. The lowest BCUT2D eigenvalue weighted by Gasteiger charge is -2.14. The number of ether oxygens (including phenoxy) is 1. The summed E-state index contributed by atoms with van der Waals surface area (Å²) in [5.74, 6) is 1.48. The van der Waals surface area contributed by atoms with Gasteiger partial charge in [0.2, 0.25) is 12.3 Å². The average molecular weight is 491 g/mol. The summed E-state index contributed by atoms with van der Waals surface area (Å²) in [6.07, 6.45) is 1.95. The molecule has 0 aliphatic heterocycles. The number of ketones is 1. The molecular weight excluding hydrogens is 466 g/mol. The lowest BCUT2D eigenvalue weighted by molar-refractivity contribution is -0.685. The van der Waals surface area contributed by atoms with Crippen LogP contribution in [0.15, 0.2) is 134 Å². The van der Waals surface area contributed by atoms with Gasteiger partial charge in [-0.2, -0.15) is 4.57 Å². The molecule has 0 aliphatic carbocycles. The summed E-state index contributed by atoms with van der Waals surface area (Å²) in [6, 6.07) is 42.9. The number of benzene rings is 6. The third-order valence-electron chi connectivity index (χ3n) is 7.17. The molecule has 7 aromatic rings. The number of rotatable bonds is 5. The van der Waals surface area contributed by atoms with E-state index in [1.807, 2.05) is 65.4 Å². The first-order chi connectivity index (χ1) is 18.7. The minimum Gasteiger partial charge on any atom is -0.403 e. The summed E-state index contributed by atoms with van der Waals surface area (Å²) in [5.41, 5.74) is 0.682. The van der Waals surface area contributed by atoms with E-state index in [9.17, 15) is 4.79 Å². The molecule has 38 heavy (non-hydrogen) atoms. The fourth-order valence-corrected chi connectivity index (χ4v) is 5.26. The molecule has 3 heteroatoms. The van der Waals surface area contributed by atoms with Crippen LogP contribution in [0.4, 0.5) is 0 Å². The summed E-state index contributed by atoms with van der Waals surface area (Å²) in [5, 5.41) is 8.65. The summed E-state index contributed by atoms with van der Waals surface area (Å²) < 4.78 is 8.87. The molecule has 1 aromatic heterocycles. The van der Waals surface area contributed by atoms with Gasteiger partial charge in [0.15, 0.2) is 6.20 Å². The third-order valence-corrected chi connectivity index (χ3v) is 7.17. The number of hydrogen-bond acceptors (Lipinski definition) is 2. The van der Waals surface area contributed by atoms with Crippen LogP contribution in [-0.4, -0.2) is 5.78 Å². The van der Waals surface area contributed by atoms with E-state index in [-0.39, 0.29) is 12.3 Å². The average Bonchev–Trinajstić information content (AvgIpc) is 2.97. The topological polar surface area (TPSA) is 30.2 Å². The molecule has 0 saturated heterocycles. The number of fused-ring (bicyclic) bond motifs is 4. The SMILES string of the molecule is O=C(C[n+]1ccc2ccccc2c1Oc1c2ccccc2cc2cc3ccccc3cc12)c1ccccc1. The van der Waals surface area contributed by atoms with Crippen molar-refractivity contribution < 1.29 is 14.1 Å². The van der Waals surface area contributed by atoms with Crippen LogP contribution in [-0.2, 0) is 6.54 Å². The largest absolute Gasteiger partial charge is 0.403 e. The molecule has 0 N–H and O–H groups in total. The predicted molar refractivity (Wildman–Crippen MR) is 154 cm³/mol. The number of aromatic nitrogens is 1. The van der Waals surface area contributed by atoms with Gasteiger partial charge in [-0.25, -0.2) is 0 Å². The van der Waals surface area contributed by atoms with Crippen molar-refractivity contribution in [3.05, 3.63) is 139 Å². The van der Waals surface area contributed by atoms with Crippen LogP contribution >= 0.6 is 0 Å². The molecule has 0 amide bonds. The quantitative estimate of drug-likeness (QED) is 0.138. The molecule has 0 fully saturated rings. The first-order valence-corrected chi connectivity index (χ1v) is 12.8. The van der Waals surface area contributed by atoms with E-state index in [0.29, 0.717) is 11.4 Å². The minimum atomic E-state index is 0.0319. The maximum absolute atomic E-state index is 13.2. The molecule has 1 heterocycles. The summed E-state index contributed by atoms with van der Waals surface area (Å²) >= 11 is 0. The van der Waals surface area contributed by atoms with Gasteiger partial charge < -0.3 is 4.74 Å². The van der Waals surface area contributed by atoms with Crippen LogP contribution in [0.1, 0.15) is 10.4 Å². The van der Waals surface area contributed by atoms with Crippen molar-refractivity contribution in [2.24, 2.45) is 0 Å². The Morgan fingerprint density at radius 1 is 0.553 bits per heavy atom. The van der Waals surface area contributed by atoms with Crippen molar-refractivity contribution in [2.45, 2.75) is 6.54 Å². The normalized spacial score (nSPS) is 11.4. The van der Waals surface area contributed by atoms with Gasteiger partial charge in [-0.15, -0.1) is 0 Å². The summed E-state index contributed by atoms with van der Waals surface area (Å²) in [4.78, 5) is 13.2. The Hall–Kier alpha value is -5.02. The van der Waals surface area contributed by atoms with E-state index >= 15 is 0 Å². The summed E-state index contributed by atoms with van der Waals surface area (Å²) in [7, 11) is 0. The van der Waals surface area contributed by atoms with Crippen LogP contribution in [0.3, 0.4) is 0 Å². The minimum absolute atomic E-state index is 0.0319. The molecular formula is C35H24NO2+. The van der Waals surface area contributed by atoms with Gasteiger partial charge in [-0.3, -0.25) is 4.79 Å². The highest BCUT2D eigenvalue weighted by molar-refractivity contribution is 6.10. The molecule has 0 unspecified atom stereocenters. The van der Waals surface area contributed by atoms with Gasteiger partial charge in [0, 0.05) is 22.4 Å². The van der Waals surface area contributed by atoms with Gasteiger partial charge in [-0.05, 0) is 51.2 Å². The Labute approximate surface area is 220 Å². The molecule has 0 aliphatic rings.